The zero-order chi connectivity index (χ0) is 25.1. The van der Waals surface area contributed by atoms with Gasteiger partial charge in [0.2, 0.25) is 5.91 Å². The smallest absolute Gasteiger partial charge is 0.253 e. The van der Waals surface area contributed by atoms with Crippen molar-refractivity contribution in [3.05, 3.63) is 88.4 Å². The first kappa shape index (κ1) is 24.7. The lowest BCUT2D eigenvalue weighted by Crippen LogP contribution is -2.45. The molecular formula is C26H24ClN3O4S2. The van der Waals surface area contributed by atoms with Crippen LogP contribution in [0.5, 0.6) is 5.75 Å². The molecule has 2 aromatic heterocycles. The molecule has 186 valence electrons. The summed E-state index contributed by atoms with van der Waals surface area (Å²) in [4.78, 5) is 17.2. The molecule has 1 aliphatic heterocycles. The molecule has 1 N–H and O–H groups in total. The van der Waals surface area contributed by atoms with Crippen molar-refractivity contribution in [2.45, 2.75) is 36.2 Å². The molecule has 2 aromatic carbocycles. The van der Waals surface area contributed by atoms with Crippen LogP contribution in [0.15, 0.2) is 77.1 Å². The lowest BCUT2D eigenvalue weighted by atomic mass is 10.1. The van der Waals surface area contributed by atoms with E-state index >= 15 is 0 Å². The Balaban J connectivity index is 1.16. The zero-order valence-corrected chi connectivity index (χ0v) is 21.7. The number of rotatable bonds is 8. The van der Waals surface area contributed by atoms with Crippen molar-refractivity contribution in [2.75, 3.05) is 6.54 Å². The first-order valence-corrected chi connectivity index (χ1v) is 14.1. The molecule has 7 nitrogen and oxygen atoms in total. The number of thiophene rings is 1. The number of amides is 1. The van der Waals surface area contributed by atoms with Gasteiger partial charge in [-0.1, -0.05) is 41.9 Å². The minimum absolute atomic E-state index is 0.158. The predicted molar refractivity (Wildman–Crippen MR) is 141 cm³/mol. The zero-order valence-electron chi connectivity index (χ0n) is 19.3. The van der Waals surface area contributed by atoms with Gasteiger partial charge in [0.05, 0.1) is 9.85 Å². The molecule has 1 fully saturated rings. The minimum Gasteiger partial charge on any atom is -0.489 e. The third-order valence-electron chi connectivity index (χ3n) is 6.09. The molecule has 3 heterocycles. The molecule has 0 aliphatic carbocycles. The number of carbonyl (C=O) groups is 1. The maximum Gasteiger partial charge on any atom is 0.253 e. The molecule has 0 bridgehead atoms. The average molecular weight is 542 g/mol. The predicted octanol–water partition coefficient (Wildman–Crippen LogP) is 5.00. The molecule has 4 aromatic rings. The van der Waals surface area contributed by atoms with E-state index in [4.69, 9.17) is 16.3 Å². The number of carbonyl (C=O) groups excluding carboxylic acids is 1. The van der Waals surface area contributed by atoms with Crippen molar-refractivity contribution in [3.8, 4) is 5.75 Å². The topological polar surface area (TPSA) is 88.6 Å². The average Bonchev–Trinajstić information content (AvgIpc) is 3.57. The first-order valence-electron chi connectivity index (χ1n) is 11.5. The van der Waals surface area contributed by atoms with Gasteiger partial charge in [0, 0.05) is 24.7 Å². The third kappa shape index (κ3) is 5.39. The van der Waals surface area contributed by atoms with E-state index in [0.717, 1.165) is 39.1 Å². The molecule has 1 aliphatic rings. The van der Waals surface area contributed by atoms with Gasteiger partial charge in [-0.25, -0.2) is 8.42 Å². The maximum absolute atomic E-state index is 13.0. The molecule has 10 heteroatoms. The standard InChI is InChI=1S/C26H24ClN3O4S2/c27-24-11-12-25(35-24)36(32,33)30-14-2-4-23(30)26(31)29-16-18-5-7-19(8-6-18)17-34-21-9-10-22-20(15-21)3-1-13-28-22/h1,3,5-13,15,23H,2,4,14,16-17H2,(H,29,31)/t23-/m0/s1. The Morgan fingerprint density at radius 1 is 1.11 bits per heavy atom. The fourth-order valence-corrected chi connectivity index (χ4v) is 7.48. The summed E-state index contributed by atoms with van der Waals surface area (Å²) in [7, 11) is -3.75. The molecule has 0 spiro atoms. The summed E-state index contributed by atoms with van der Waals surface area (Å²) in [6.07, 6.45) is 2.89. The lowest BCUT2D eigenvalue weighted by Gasteiger charge is -2.22. The first-order chi connectivity index (χ1) is 17.4. The maximum atomic E-state index is 13.0. The van der Waals surface area contributed by atoms with Gasteiger partial charge >= 0.3 is 0 Å². The number of sulfonamides is 1. The minimum atomic E-state index is -3.75. The molecule has 5 rings (SSSR count). The molecule has 36 heavy (non-hydrogen) atoms. The summed E-state index contributed by atoms with van der Waals surface area (Å²) in [5.74, 6) is 0.477. The Morgan fingerprint density at radius 2 is 1.92 bits per heavy atom. The highest BCUT2D eigenvalue weighted by molar-refractivity contribution is 7.91. The van der Waals surface area contributed by atoms with Crippen molar-refractivity contribution >= 4 is 49.8 Å². The van der Waals surface area contributed by atoms with Crippen LogP contribution < -0.4 is 10.1 Å². The second-order valence-corrected chi connectivity index (χ2v) is 12.3. The van der Waals surface area contributed by atoms with Gasteiger partial charge in [-0.3, -0.25) is 9.78 Å². The monoisotopic (exact) mass is 541 g/mol. The number of aromatic nitrogens is 1. The van der Waals surface area contributed by atoms with Gasteiger partial charge in [0.15, 0.2) is 0 Å². The summed E-state index contributed by atoms with van der Waals surface area (Å²) in [5, 5.41) is 3.91. The van der Waals surface area contributed by atoms with E-state index in [1.807, 2.05) is 54.6 Å². The normalized spacial score (nSPS) is 16.3. The van der Waals surface area contributed by atoms with E-state index in [1.54, 1.807) is 12.3 Å². The van der Waals surface area contributed by atoms with Gasteiger partial charge in [-0.2, -0.15) is 4.31 Å². The van der Waals surface area contributed by atoms with Gasteiger partial charge in [0.1, 0.15) is 22.6 Å². The molecule has 1 amide bonds. The SMILES string of the molecule is O=C(NCc1ccc(COc2ccc3ncccc3c2)cc1)[C@@H]1CCCN1S(=O)(=O)c1ccc(Cl)s1. The number of ether oxygens (including phenoxy) is 1. The molecular weight excluding hydrogens is 518 g/mol. The Hall–Kier alpha value is -2.98. The fourth-order valence-electron chi connectivity index (χ4n) is 4.21. The summed E-state index contributed by atoms with van der Waals surface area (Å²) in [5.41, 5.74) is 2.84. The van der Waals surface area contributed by atoms with Gasteiger partial charge < -0.3 is 10.1 Å². The van der Waals surface area contributed by atoms with Crippen LogP contribution in [0.2, 0.25) is 4.34 Å². The lowest BCUT2D eigenvalue weighted by molar-refractivity contribution is -0.124. The van der Waals surface area contributed by atoms with Crippen LogP contribution >= 0.6 is 22.9 Å². The Labute approximate surface area is 218 Å². The second-order valence-electron chi connectivity index (χ2n) is 8.51. The van der Waals surface area contributed by atoms with E-state index in [-0.39, 0.29) is 10.1 Å². The van der Waals surface area contributed by atoms with E-state index in [1.165, 1.54) is 10.4 Å². The number of halogens is 1. The van der Waals surface area contributed by atoms with Crippen molar-refractivity contribution in [1.82, 2.24) is 14.6 Å². The number of hydrogen-bond acceptors (Lipinski definition) is 6. The summed E-state index contributed by atoms with van der Waals surface area (Å²) in [6, 6.07) is 19.8. The van der Waals surface area contributed by atoms with Gasteiger partial charge in [0.25, 0.3) is 10.0 Å². The highest BCUT2D eigenvalue weighted by Gasteiger charge is 2.39. The molecule has 0 saturated carbocycles. The van der Waals surface area contributed by atoms with E-state index in [9.17, 15) is 13.2 Å². The van der Waals surface area contributed by atoms with E-state index in [2.05, 4.69) is 10.3 Å². The van der Waals surface area contributed by atoms with Crippen molar-refractivity contribution in [2.24, 2.45) is 0 Å². The molecule has 1 saturated heterocycles. The number of hydrogen-bond donors (Lipinski definition) is 1. The molecule has 0 radical (unpaired) electrons. The summed E-state index contributed by atoms with van der Waals surface area (Å²) < 4.78 is 33.7. The van der Waals surface area contributed by atoms with E-state index in [0.29, 0.717) is 36.9 Å². The number of benzene rings is 2. The van der Waals surface area contributed by atoms with E-state index < -0.39 is 16.1 Å². The second kappa shape index (κ2) is 10.6. The highest BCUT2D eigenvalue weighted by atomic mass is 35.5. The van der Waals surface area contributed by atoms with Crippen LogP contribution in [0.1, 0.15) is 24.0 Å². The van der Waals surface area contributed by atoms with Crippen molar-refractivity contribution in [3.63, 3.8) is 0 Å². The molecule has 0 unspecified atom stereocenters. The van der Waals surface area contributed by atoms with Crippen LogP contribution in [0.25, 0.3) is 10.9 Å². The number of nitrogens with zero attached hydrogens (tertiary/aromatic N) is 2. The van der Waals surface area contributed by atoms with Crippen molar-refractivity contribution in [1.29, 1.82) is 0 Å². The third-order valence-corrected chi connectivity index (χ3v) is 9.69. The van der Waals surface area contributed by atoms with Crippen LogP contribution in [0, 0.1) is 0 Å². The number of nitrogens with one attached hydrogen (secondary N) is 1. The Bertz CT molecular complexity index is 1490. The largest absolute Gasteiger partial charge is 0.489 e. The fraction of sp³-hybridized carbons (Fsp3) is 0.231. The number of pyridine rings is 1. The van der Waals surface area contributed by atoms with Crippen LogP contribution in [-0.4, -0.2) is 36.2 Å². The van der Waals surface area contributed by atoms with Gasteiger partial charge in [-0.05, 0) is 60.4 Å². The number of fused-ring (bicyclic) bond motifs is 1. The summed E-state index contributed by atoms with van der Waals surface area (Å²) >= 11 is 6.92. The Kier molecular flexibility index (Phi) is 7.25. The van der Waals surface area contributed by atoms with Crippen LogP contribution in [0.4, 0.5) is 0 Å². The molecule has 1 atom stereocenters. The van der Waals surface area contributed by atoms with Gasteiger partial charge in [-0.15, -0.1) is 11.3 Å². The Morgan fingerprint density at radius 3 is 2.69 bits per heavy atom. The van der Waals surface area contributed by atoms with Crippen molar-refractivity contribution < 1.29 is 17.9 Å². The summed E-state index contributed by atoms with van der Waals surface area (Å²) in [6.45, 7) is 1.05. The van der Waals surface area contributed by atoms with Crippen LogP contribution in [0.3, 0.4) is 0 Å². The highest BCUT2D eigenvalue weighted by Crippen LogP contribution is 2.32. The van der Waals surface area contributed by atoms with Crippen LogP contribution in [-0.2, 0) is 28.0 Å². The quantitative estimate of drug-likeness (QED) is 0.339.